The molecule has 0 bridgehead atoms. The predicted molar refractivity (Wildman–Crippen MR) is 71.1 cm³/mol. The van der Waals surface area contributed by atoms with Crippen molar-refractivity contribution >= 4 is 29.4 Å². The van der Waals surface area contributed by atoms with E-state index >= 15 is 0 Å². The Balaban J connectivity index is 2.40. The molecule has 8 heteroatoms. The van der Waals surface area contributed by atoms with E-state index in [4.69, 9.17) is 0 Å². The van der Waals surface area contributed by atoms with E-state index in [1.165, 1.54) is 0 Å². The number of carbonyl (C=O) groups is 5. The summed E-state index contributed by atoms with van der Waals surface area (Å²) in [5, 5.41) is 9.28. The summed E-state index contributed by atoms with van der Waals surface area (Å²) in [6.45, 7) is 1.93. The molecule has 0 spiro atoms. The number of Topliss-reactive ketones (excluding diaryl/α,β-unsaturated/α-hetero) is 1. The van der Waals surface area contributed by atoms with Crippen molar-refractivity contribution < 1.29 is 29.2 Å². The first-order chi connectivity index (χ1) is 10.4. The second kappa shape index (κ2) is 5.80. The Morgan fingerprint density at radius 1 is 1.18 bits per heavy atom. The summed E-state index contributed by atoms with van der Waals surface area (Å²) >= 11 is 0. The Morgan fingerprint density at radius 3 is 2.23 bits per heavy atom. The number of carbonyl (C=O) groups excluding carboxylic acids is 5. The third-order valence-corrected chi connectivity index (χ3v) is 3.85. The van der Waals surface area contributed by atoms with Gasteiger partial charge in [-0.15, -0.1) is 0 Å². The van der Waals surface area contributed by atoms with Crippen molar-refractivity contribution in [2.24, 2.45) is 0 Å². The SMILES string of the molecule is CCCCCC(=O)C1(N2C(=O)C=CC2=O)CC(=O)N(O)C1=O. The number of unbranched alkanes of at least 4 members (excludes halogenated alkanes) is 2. The number of imide groups is 2. The van der Waals surface area contributed by atoms with Gasteiger partial charge in [0.15, 0.2) is 11.3 Å². The number of hydrogen-bond donors (Lipinski definition) is 1. The molecule has 1 fully saturated rings. The molecule has 0 radical (unpaired) electrons. The van der Waals surface area contributed by atoms with Gasteiger partial charge in [-0.1, -0.05) is 19.8 Å². The van der Waals surface area contributed by atoms with E-state index in [0.717, 1.165) is 25.0 Å². The van der Waals surface area contributed by atoms with Crippen molar-refractivity contribution in [3.8, 4) is 0 Å². The molecule has 22 heavy (non-hydrogen) atoms. The van der Waals surface area contributed by atoms with Crippen molar-refractivity contribution in [1.29, 1.82) is 0 Å². The van der Waals surface area contributed by atoms with Crippen LogP contribution >= 0.6 is 0 Å². The van der Waals surface area contributed by atoms with Gasteiger partial charge in [-0.25, -0.2) is 0 Å². The lowest BCUT2D eigenvalue weighted by atomic mass is 9.86. The Morgan fingerprint density at radius 2 is 1.77 bits per heavy atom. The second-order valence-corrected chi connectivity index (χ2v) is 5.27. The molecule has 1 N–H and O–H groups in total. The van der Waals surface area contributed by atoms with Crippen LogP contribution < -0.4 is 0 Å². The molecule has 4 amide bonds. The lowest BCUT2D eigenvalue weighted by Crippen LogP contribution is -2.61. The van der Waals surface area contributed by atoms with Gasteiger partial charge in [0, 0.05) is 18.6 Å². The van der Waals surface area contributed by atoms with E-state index < -0.39 is 41.4 Å². The molecule has 0 saturated carbocycles. The molecular weight excluding hydrogens is 292 g/mol. The van der Waals surface area contributed by atoms with Crippen LogP contribution in [0.15, 0.2) is 12.2 Å². The maximum atomic E-state index is 12.5. The first-order valence-corrected chi connectivity index (χ1v) is 7.02. The monoisotopic (exact) mass is 308 g/mol. The Labute approximate surface area is 126 Å². The maximum Gasteiger partial charge on any atom is 0.288 e. The third-order valence-electron chi connectivity index (χ3n) is 3.85. The van der Waals surface area contributed by atoms with E-state index in [9.17, 15) is 29.2 Å². The molecule has 2 rings (SSSR count). The van der Waals surface area contributed by atoms with E-state index in [1.54, 1.807) is 0 Å². The van der Waals surface area contributed by atoms with Gasteiger partial charge in [0.1, 0.15) is 0 Å². The van der Waals surface area contributed by atoms with Crippen LogP contribution in [0.2, 0.25) is 0 Å². The van der Waals surface area contributed by atoms with Crippen LogP contribution in [-0.4, -0.2) is 50.1 Å². The van der Waals surface area contributed by atoms with Gasteiger partial charge in [0.2, 0.25) is 0 Å². The van der Waals surface area contributed by atoms with Gasteiger partial charge < -0.3 is 0 Å². The lowest BCUT2D eigenvalue weighted by Gasteiger charge is -2.32. The van der Waals surface area contributed by atoms with E-state index in [1.807, 2.05) is 6.92 Å². The molecule has 0 aromatic heterocycles. The minimum absolute atomic E-state index is 0.0578. The van der Waals surface area contributed by atoms with Crippen molar-refractivity contribution in [3.63, 3.8) is 0 Å². The fourth-order valence-corrected chi connectivity index (χ4v) is 2.69. The highest BCUT2D eigenvalue weighted by molar-refractivity contribution is 6.27. The Hall–Kier alpha value is -2.35. The number of rotatable bonds is 6. The normalized spacial score (nSPS) is 24.8. The highest BCUT2D eigenvalue weighted by Gasteiger charge is 2.63. The standard InChI is InChI=1S/C14H16N2O6/c1-2-3-4-5-9(17)14(8-12(20)16(22)13(14)21)15-10(18)6-7-11(15)19/h6-7,22H,2-5,8H2,1H3. The zero-order valence-corrected chi connectivity index (χ0v) is 12.1. The van der Waals surface area contributed by atoms with Crippen LogP contribution in [0.4, 0.5) is 0 Å². The molecule has 0 aromatic carbocycles. The molecule has 2 aliphatic rings. The molecule has 1 atom stereocenters. The number of ketones is 1. The maximum absolute atomic E-state index is 12.5. The van der Waals surface area contributed by atoms with Crippen LogP contribution in [0, 0.1) is 0 Å². The minimum atomic E-state index is -2.25. The quantitative estimate of drug-likeness (QED) is 0.318. The van der Waals surface area contributed by atoms with Crippen molar-refractivity contribution in [2.75, 3.05) is 0 Å². The molecule has 8 nitrogen and oxygen atoms in total. The van der Waals surface area contributed by atoms with Gasteiger partial charge in [-0.3, -0.25) is 34.1 Å². The van der Waals surface area contributed by atoms with Gasteiger partial charge >= 0.3 is 0 Å². The highest BCUT2D eigenvalue weighted by Crippen LogP contribution is 2.34. The highest BCUT2D eigenvalue weighted by atomic mass is 16.5. The topological polar surface area (TPSA) is 112 Å². The molecule has 1 unspecified atom stereocenters. The largest absolute Gasteiger partial charge is 0.296 e. The molecule has 2 aliphatic heterocycles. The average molecular weight is 308 g/mol. The molecule has 1 saturated heterocycles. The summed E-state index contributed by atoms with van der Waals surface area (Å²) in [6, 6.07) is 0. The molecular formula is C14H16N2O6. The summed E-state index contributed by atoms with van der Waals surface area (Å²) < 4.78 is 0. The minimum Gasteiger partial charge on any atom is -0.296 e. The Kier molecular flexibility index (Phi) is 4.23. The van der Waals surface area contributed by atoms with E-state index in [2.05, 4.69) is 0 Å². The fraction of sp³-hybridized carbons (Fsp3) is 0.500. The molecule has 2 heterocycles. The lowest BCUT2D eigenvalue weighted by molar-refractivity contribution is -0.177. The number of hydroxylamine groups is 2. The Bertz CT molecular complexity index is 578. The molecule has 0 aliphatic carbocycles. The second-order valence-electron chi connectivity index (χ2n) is 5.27. The number of nitrogens with zero attached hydrogens (tertiary/aromatic N) is 2. The summed E-state index contributed by atoms with van der Waals surface area (Å²) in [7, 11) is 0. The van der Waals surface area contributed by atoms with Crippen LogP contribution in [0.5, 0.6) is 0 Å². The van der Waals surface area contributed by atoms with Crippen molar-refractivity contribution in [3.05, 3.63) is 12.2 Å². The first-order valence-electron chi connectivity index (χ1n) is 7.02. The number of hydrogen-bond acceptors (Lipinski definition) is 6. The predicted octanol–water partition coefficient (Wildman–Crippen LogP) is -0.0523. The summed E-state index contributed by atoms with van der Waals surface area (Å²) in [6.07, 6.45) is 3.12. The van der Waals surface area contributed by atoms with Gasteiger partial charge in [-0.2, -0.15) is 5.06 Å². The van der Waals surface area contributed by atoms with Gasteiger partial charge in [0.05, 0.1) is 6.42 Å². The van der Waals surface area contributed by atoms with E-state index in [0.29, 0.717) is 11.3 Å². The van der Waals surface area contributed by atoms with Crippen LogP contribution in [-0.2, 0) is 24.0 Å². The molecule has 118 valence electrons. The van der Waals surface area contributed by atoms with Crippen LogP contribution in [0.25, 0.3) is 0 Å². The van der Waals surface area contributed by atoms with Gasteiger partial charge in [0.25, 0.3) is 23.6 Å². The van der Waals surface area contributed by atoms with Gasteiger partial charge in [-0.05, 0) is 6.42 Å². The summed E-state index contributed by atoms with van der Waals surface area (Å²) in [5.41, 5.74) is -2.25. The summed E-state index contributed by atoms with van der Waals surface area (Å²) in [4.78, 5) is 60.7. The van der Waals surface area contributed by atoms with Crippen LogP contribution in [0.3, 0.4) is 0 Å². The van der Waals surface area contributed by atoms with Crippen LogP contribution in [0.1, 0.15) is 39.0 Å². The smallest absolute Gasteiger partial charge is 0.288 e. The molecule has 0 aromatic rings. The van der Waals surface area contributed by atoms with Crippen molar-refractivity contribution in [2.45, 2.75) is 44.6 Å². The third kappa shape index (κ3) is 2.25. The first kappa shape index (κ1) is 16.0. The van der Waals surface area contributed by atoms with Crippen molar-refractivity contribution in [1.82, 2.24) is 9.96 Å². The number of amides is 4. The summed E-state index contributed by atoms with van der Waals surface area (Å²) in [5.74, 6) is -4.65. The zero-order valence-electron chi connectivity index (χ0n) is 12.1. The average Bonchev–Trinajstić information content (AvgIpc) is 2.92. The zero-order chi connectivity index (χ0) is 16.5. The van der Waals surface area contributed by atoms with E-state index in [-0.39, 0.29) is 11.5 Å². The fourth-order valence-electron chi connectivity index (χ4n) is 2.69.